The Morgan fingerprint density at radius 1 is 0.812 bits per heavy atom. The Bertz CT molecular complexity index is 486. The lowest BCUT2D eigenvalue weighted by atomic mass is 10.2. The van der Waals surface area contributed by atoms with Crippen LogP contribution in [0.5, 0.6) is 0 Å². The lowest BCUT2D eigenvalue weighted by Gasteiger charge is -1.97. The van der Waals surface area contributed by atoms with Crippen LogP contribution in [0.15, 0.2) is 53.5 Å². The summed E-state index contributed by atoms with van der Waals surface area (Å²) in [6.45, 7) is 0. The molecule has 0 N–H and O–H groups in total. The summed E-state index contributed by atoms with van der Waals surface area (Å²) in [5, 5.41) is 0. The molecule has 1 nitrogen and oxygen atoms in total. The standard InChI is InChI=1S/C13H9F2N/c14-12-7-4-8-13(15)11(12)9-16-10-5-2-1-3-6-10/h1-9H. The van der Waals surface area contributed by atoms with E-state index in [4.69, 9.17) is 0 Å². The molecule has 2 aromatic rings. The van der Waals surface area contributed by atoms with Crippen LogP contribution in [0.2, 0.25) is 0 Å². The van der Waals surface area contributed by atoms with Crippen LogP contribution >= 0.6 is 0 Å². The average molecular weight is 217 g/mol. The van der Waals surface area contributed by atoms with Crippen molar-refractivity contribution < 1.29 is 8.78 Å². The van der Waals surface area contributed by atoms with Crippen molar-refractivity contribution in [2.45, 2.75) is 0 Å². The highest BCUT2D eigenvalue weighted by Gasteiger charge is 2.04. The van der Waals surface area contributed by atoms with E-state index < -0.39 is 11.6 Å². The third-order valence-electron chi connectivity index (χ3n) is 2.10. The highest BCUT2D eigenvalue weighted by atomic mass is 19.1. The predicted octanol–water partition coefficient (Wildman–Crippen LogP) is 3.72. The van der Waals surface area contributed by atoms with Gasteiger partial charge in [0.2, 0.25) is 0 Å². The zero-order valence-electron chi connectivity index (χ0n) is 8.40. The number of aliphatic imine (C=N–C) groups is 1. The summed E-state index contributed by atoms with van der Waals surface area (Å²) in [6, 6.07) is 12.7. The molecule has 0 fully saturated rings. The molecule has 0 aromatic heterocycles. The molecule has 0 bridgehead atoms. The minimum atomic E-state index is -0.611. The van der Waals surface area contributed by atoms with Gasteiger partial charge in [-0.2, -0.15) is 0 Å². The largest absolute Gasteiger partial charge is 0.256 e. The first-order valence-corrected chi connectivity index (χ1v) is 4.80. The van der Waals surface area contributed by atoms with Gasteiger partial charge in [-0.05, 0) is 24.3 Å². The Morgan fingerprint density at radius 2 is 1.44 bits per heavy atom. The molecule has 0 aliphatic heterocycles. The maximum atomic E-state index is 13.2. The van der Waals surface area contributed by atoms with E-state index in [1.165, 1.54) is 24.4 Å². The summed E-state index contributed by atoms with van der Waals surface area (Å²) in [7, 11) is 0. The first-order chi connectivity index (χ1) is 7.77. The van der Waals surface area contributed by atoms with Crippen molar-refractivity contribution in [2.75, 3.05) is 0 Å². The van der Waals surface area contributed by atoms with Crippen molar-refractivity contribution in [1.82, 2.24) is 0 Å². The summed E-state index contributed by atoms with van der Waals surface area (Å²) in [4.78, 5) is 3.99. The molecule has 0 amide bonds. The second kappa shape index (κ2) is 4.66. The molecule has 16 heavy (non-hydrogen) atoms. The predicted molar refractivity (Wildman–Crippen MR) is 60.1 cm³/mol. The van der Waals surface area contributed by atoms with Crippen LogP contribution in [0, 0.1) is 11.6 Å². The normalized spacial score (nSPS) is 10.9. The molecule has 0 heterocycles. The van der Waals surface area contributed by atoms with E-state index in [2.05, 4.69) is 4.99 Å². The SMILES string of the molecule is Fc1cccc(F)c1C=Nc1ccccc1. The van der Waals surface area contributed by atoms with Gasteiger partial charge in [0, 0.05) is 6.21 Å². The summed E-state index contributed by atoms with van der Waals surface area (Å²) in [5.74, 6) is -1.22. The van der Waals surface area contributed by atoms with Gasteiger partial charge in [-0.15, -0.1) is 0 Å². The van der Waals surface area contributed by atoms with Crippen LogP contribution in [-0.4, -0.2) is 6.21 Å². The van der Waals surface area contributed by atoms with Crippen molar-refractivity contribution in [1.29, 1.82) is 0 Å². The first-order valence-electron chi connectivity index (χ1n) is 4.80. The van der Waals surface area contributed by atoms with E-state index in [9.17, 15) is 8.78 Å². The van der Waals surface area contributed by atoms with Crippen LogP contribution in [0.4, 0.5) is 14.5 Å². The number of hydrogen-bond acceptors (Lipinski definition) is 1. The van der Waals surface area contributed by atoms with Crippen LogP contribution in [0.25, 0.3) is 0 Å². The van der Waals surface area contributed by atoms with Crippen molar-refractivity contribution >= 4 is 11.9 Å². The number of hydrogen-bond donors (Lipinski definition) is 0. The second-order valence-electron chi connectivity index (χ2n) is 3.23. The van der Waals surface area contributed by atoms with E-state index in [-0.39, 0.29) is 5.56 Å². The van der Waals surface area contributed by atoms with Gasteiger partial charge in [-0.1, -0.05) is 24.3 Å². The highest BCUT2D eigenvalue weighted by molar-refractivity contribution is 5.82. The Hall–Kier alpha value is -2.03. The van der Waals surface area contributed by atoms with Crippen LogP contribution in [0.1, 0.15) is 5.56 Å². The number of halogens is 2. The Labute approximate surface area is 92.1 Å². The number of rotatable bonds is 2. The summed E-state index contributed by atoms with van der Waals surface area (Å²) in [6.07, 6.45) is 1.19. The van der Waals surface area contributed by atoms with Gasteiger partial charge < -0.3 is 0 Å². The number of benzene rings is 2. The lowest BCUT2D eigenvalue weighted by molar-refractivity contribution is 0.580. The third kappa shape index (κ3) is 2.31. The molecular formula is C13H9F2N. The topological polar surface area (TPSA) is 12.4 Å². The maximum Gasteiger partial charge on any atom is 0.134 e. The summed E-state index contributed by atoms with van der Waals surface area (Å²) < 4.78 is 26.4. The molecule has 0 radical (unpaired) electrons. The molecule has 80 valence electrons. The Kier molecular flexibility index (Phi) is 3.05. The van der Waals surface area contributed by atoms with E-state index in [1.807, 2.05) is 18.2 Å². The number of nitrogens with zero attached hydrogens (tertiary/aromatic N) is 1. The molecule has 0 aliphatic rings. The van der Waals surface area contributed by atoms with Gasteiger partial charge >= 0.3 is 0 Å². The first kappa shape index (κ1) is 10.5. The van der Waals surface area contributed by atoms with Crippen LogP contribution < -0.4 is 0 Å². The Morgan fingerprint density at radius 3 is 2.06 bits per heavy atom. The molecule has 0 unspecified atom stereocenters. The van der Waals surface area contributed by atoms with Gasteiger partial charge in [0.15, 0.2) is 0 Å². The quantitative estimate of drug-likeness (QED) is 0.680. The molecular weight excluding hydrogens is 208 g/mol. The van der Waals surface area contributed by atoms with Gasteiger partial charge in [-0.3, -0.25) is 4.99 Å². The van der Waals surface area contributed by atoms with E-state index >= 15 is 0 Å². The Balaban J connectivity index is 2.31. The zero-order chi connectivity index (χ0) is 11.4. The van der Waals surface area contributed by atoms with Crippen molar-refractivity contribution in [3.8, 4) is 0 Å². The molecule has 0 saturated heterocycles. The minimum Gasteiger partial charge on any atom is -0.256 e. The van der Waals surface area contributed by atoms with Gasteiger partial charge in [0.05, 0.1) is 11.3 Å². The smallest absolute Gasteiger partial charge is 0.134 e. The monoisotopic (exact) mass is 217 g/mol. The van der Waals surface area contributed by atoms with E-state index in [1.54, 1.807) is 12.1 Å². The third-order valence-corrected chi connectivity index (χ3v) is 2.10. The van der Waals surface area contributed by atoms with Gasteiger partial charge in [-0.25, -0.2) is 8.78 Å². The van der Waals surface area contributed by atoms with Crippen molar-refractivity contribution in [3.05, 3.63) is 65.7 Å². The molecule has 0 spiro atoms. The molecule has 2 rings (SSSR count). The molecule has 2 aromatic carbocycles. The van der Waals surface area contributed by atoms with E-state index in [0.29, 0.717) is 5.69 Å². The summed E-state index contributed by atoms with van der Waals surface area (Å²) >= 11 is 0. The minimum absolute atomic E-state index is 0.119. The molecule has 0 aliphatic carbocycles. The maximum absolute atomic E-state index is 13.2. The molecule has 0 saturated carbocycles. The fraction of sp³-hybridized carbons (Fsp3) is 0. The van der Waals surface area contributed by atoms with Crippen molar-refractivity contribution in [2.24, 2.45) is 4.99 Å². The fourth-order valence-corrected chi connectivity index (χ4v) is 1.29. The lowest BCUT2D eigenvalue weighted by Crippen LogP contribution is -1.92. The average Bonchev–Trinajstić information content (AvgIpc) is 2.30. The van der Waals surface area contributed by atoms with Crippen LogP contribution in [-0.2, 0) is 0 Å². The van der Waals surface area contributed by atoms with Gasteiger partial charge in [0.1, 0.15) is 11.6 Å². The molecule has 3 heteroatoms. The zero-order valence-corrected chi connectivity index (χ0v) is 8.40. The van der Waals surface area contributed by atoms with E-state index in [0.717, 1.165) is 0 Å². The van der Waals surface area contributed by atoms with Gasteiger partial charge in [0.25, 0.3) is 0 Å². The molecule has 0 atom stereocenters. The highest BCUT2D eigenvalue weighted by Crippen LogP contribution is 2.13. The van der Waals surface area contributed by atoms with Crippen molar-refractivity contribution in [3.63, 3.8) is 0 Å². The second-order valence-corrected chi connectivity index (χ2v) is 3.23. The summed E-state index contributed by atoms with van der Waals surface area (Å²) in [5.41, 5.74) is 0.538. The fourth-order valence-electron chi connectivity index (χ4n) is 1.29. The van der Waals surface area contributed by atoms with Crippen LogP contribution in [0.3, 0.4) is 0 Å². The number of para-hydroxylation sites is 1.